The minimum atomic E-state index is -0.156. The van der Waals surface area contributed by atoms with Crippen LogP contribution in [0, 0.1) is 11.8 Å². The van der Waals surface area contributed by atoms with Gasteiger partial charge in [-0.1, -0.05) is 17.7 Å². The Morgan fingerprint density at radius 2 is 2.21 bits per heavy atom. The van der Waals surface area contributed by atoms with Crippen molar-refractivity contribution in [3.05, 3.63) is 41.2 Å². The van der Waals surface area contributed by atoms with Crippen molar-refractivity contribution in [1.82, 2.24) is 15.3 Å². The first-order valence-electron chi connectivity index (χ1n) is 11.6. The summed E-state index contributed by atoms with van der Waals surface area (Å²) in [5.41, 5.74) is 2.14. The van der Waals surface area contributed by atoms with Crippen molar-refractivity contribution in [1.29, 1.82) is 0 Å². The molecular weight excluding hydrogens is 440 g/mol. The van der Waals surface area contributed by atoms with Crippen molar-refractivity contribution in [3.63, 3.8) is 0 Å². The van der Waals surface area contributed by atoms with Gasteiger partial charge in [-0.3, -0.25) is 9.78 Å². The molecule has 178 valence electrons. The second kappa shape index (κ2) is 10.5. The topological polar surface area (TPSA) is 85.4 Å². The van der Waals surface area contributed by atoms with E-state index in [1.807, 2.05) is 24.3 Å². The summed E-state index contributed by atoms with van der Waals surface area (Å²) in [7, 11) is 1.65. The van der Waals surface area contributed by atoms with Gasteiger partial charge in [-0.15, -0.1) is 0 Å². The number of rotatable bonds is 8. The van der Waals surface area contributed by atoms with Gasteiger partial charge in [-0.25, -0.2) is 4.98 Å². The molecule has 0 spiro atoms. The molecule has 7 nitrogen and oxygen atoms in total. The highest BCUT2D eigenvalue weighted by atomic mass is 35.5. The Bertz CT molecular complexity index is 984. The standard InChI is InChI=1S/C25H33ClN4O3/c1-25(2)11-16(7-8-33-25)12-29-24-6-4-5-21(30-24)18-9-17(28-14-20(18)26)10-22(31)19-13-27-15-23(19)32-3/h4-6,9,14,16,19,23,27H,7-8,10-13,15H2,1-3H3,(H,29,30)/t16?,19-,23+/m1/s1. The van der Waals surface area contributed by atoms with Crippen LogP contribution in [0.2, 0.25) is 5.02 Å². The zero-order chi connectivity index (χ0) is 23.4. The number of nitrogens with zero attached hydrogens (tertiary/aromatic N) is 2. The number of aromatic nitrogens is 2. The second-order valence-corrected chi connectivity index (χ2v) is 10.0. The summed E-state index contributed by atoms with van der Waals surface area (Å²) in [5.74, 6) is 1.32. The van der Waals surface area contributed by atoms with E-state index < -0.39 is 0 Å². The summed E-state index contributed by atoms with van der Waals surface area (Å²) in [6.07, 6.45) is 3.83. The predicted molar refractivity (Wildman–Crippen MR) is 130 cm³/mol. The molecule has 1 unspecified atom stereocenters. The molecular formula is C25H33ClN4O3. The highest BCUT2D eigenvalue weighted by Gasteiger charge is 2.33. The first-order chi connectivity index (χ1) is 15.8. The van der Waals surface area contributed by atoms with Crippen LogP contribution >= 0.6 is 11.6 Å². The first kappa shape index (κ1) is 24.1. The summed E-state index contributed by atoms with van der Waals surface area (Å²) in [6.45, 7) is 7.26. The van der Waals surface area contributed by atoms with Crippen LogP contribution in [0.5, 0.6) is 0 Å². The summed E-state index contributed by atoms with van der Waals surface area (Å²) in [6, 6.07) is 7.73. The molecule has 8 heteroatoms. The third-order valence-corrected chi connectivity index (χ3v) is 6.84. The number of ketones is 1. The van der Waals surface area contributed by atoms with Gasteiger partial charge >= 0.3 is 0 Å². The van der Waals surface area contributed by atoms with Crippen LogP contribution in [0.4, 0.5) is 5.82 Å². The van der Waals surface area contributed by atoms with Crippen molar-refractivity contribution < 1.29 is 14.3 Å². The molecule has 3 atom stereocenters. The van der Waals surface area contributed by atoms with Crippen LogP contribution in [-0.4, -0.2) is 60.8 Å². The molecule has 2 saturated heterocycles. The fourth-order valence-corrected chi connectivity index (χ4v) is 4.97. The Morgan fingerprint density at radius 1 is 1.36 bits per heavy atom. The summed E-state index contributed by atoms with van der Waals surface area (Å²) in [4.78, 5) is 22.0. The maximum Gasteiger partial charge on any atom is 0.145 e. The lowest BCUT2D eigenvalue weighted by atomic mass is 9.88. The fraction of sp³-hybridized carbons (Fsp3) is 0.560. The summed E-state index contributed by atoms with van der Waals surface area (Å²) < 4.78 is 11.3. The predicted octanol–water partition coefficient (Wildman–Crippen LogP) is 3.76. The Balaban J connectivity index is 1.44. The first-order valence-corrected chi connectivity index (χ1v) is 12.0. The molecule has 4 rings (SSSR count). The highest BCUT2D eigenvalue weighted by molar-refractivity contribution is 6.33. The summed E-state index contributed by atoms with van der Waals surface area (Å²) in [5, 5.41) is 7.21. The van der Waals surface area contributed by atoms with Gasteiger partial charge in [-0.2, -0.15) is 0 Å². The molecule has 0 bridgehead atoms. The minimum absolute atomic E-state index is 0.0733. The van der Waals surface area contributed by atoms with E-state index in [1.54, 1.807) is 13.3 Å². The van der Waals surface area contributed by atoms with Gasteiger partial charge in [0.2, 0.25) is 0 Å². The number of Topliss-reactive ketones (excluding diaryl/α,β-unsaturated/α-hetero) is 1. The molecule has 4 heterocycles. The third-order valence-electron chi connectivity index (χ3n) is 6.54. The maximum atomic E-state index is 12.8. The number of pyridine rings is 2. The SMILES string of the molecule is CO[C@H]1CNC[C@@H]1C(=O)Cc1cc(-c2cccc(NCC3CCOC(C)(C)C3)n2)c(Cl)cn1. The molecule has 2 aromatic rings. The Hall–Kier alpha value is -2.06. The lowest BCUT2D eigenvalue weighted by Crippen LogP contribution is -2.36. The zero-order valence-electron chi connectivity index (χ0n) is 19.6. The van der Waals surface area contributed by atoms with Crippen LogP contribution in [0.1, 0.15) is 32.4 Å². The number of carbonyl (C=O) groups is 1. The van der Waals surface area contributed by atoms with E-state index in [-0.39, 0.29) is 29.8 Å². The molecule has 2 aliphatic heterocycles. The highest BCUT2D eigenvalue weighted by Crippen LogP contribution is 2.30. The molecule has 2 fully saturated rings. The van der Waals surface area contributed by atoms with Gasteiger partial charge in [0.25, 0.3) is 0 Å². The fourth-order valence-electron chi connectivity index (χ4n) is 4.77. The molecule has 0 saturated carbocycles. The average Bonchev–Trinajstić information content (AvgIpc) is 3.28. The lowest BCUT2D eigenvalue weighted by molar-refractivity contribution is -0.124. The van der Waals surface area contributed by atoms with E-state index in [0.717, 1.165) is 43.1 Å². The number of halogens is 1. The molecule has 0 aliphatic carbocycles. The molecule has 2 N–H and O–H groups in total. The number of carbonyl (C=O) groups excluding carboxylic acids is 1. The van der Waals surface area contributed by atoms with Gasteiger partial charge in [0.05, 0.1) is 28.3 Å². The number of nitrogens with one attached hydrogen (secondary N) is 2. The molecule has 0 radical (unpaired) electrons. The molecule has 33 heavy (non-hydrogen) atoms. The van der Waals surface area contributed by atoms with Crippen molar-refractivity contribution in [3.8, 4) is 11.3 Å². The molecule has 0 aromatic carbocycles. The van der Waals surface area contributed by atoms with Gasteiger partial charge in [0.1, 0.15) is 11.6 Å². The number of hydrogen-bond acceptors (Lipinski definition) is 7. The average molecular weight is 473 g/mol. The normalized spacial score (nSPS) is 24.5. The van der Waals surface area contributed by atoms with Gasteiger partial charge in [-0.05, 0) is 50.8 Å². The van der Waals surface area contributed by atoms with E-state index in [0.29, 0.717) is 29.7 Å². The van der Waals surface area contributed by atoms with Crippen molar-refractivity contribution in [2.45, 2.75) is 44.8 Å². The van der Waals surface area contributed by atoms with Crippen LogP contribution in [0.3, 0.4) is 0 Å². The van der Waals surface area contributed by atoms with Crippen LogP contribution < -0.4 is 10.6 Å². The number of ether oxygens (including phenoxy) is 2. The maximum absolute atomic E-state index is 12.8. The number of anilines is 1. The number of hydrogen-bond donors (Lipinski definition) is 2. The zero-order valence-corrected chi connectivity index (χ0v) is 20.3. The quantitative estimate of drug-likeness (QED) is 0.605. The van der Waals surface area contributed by atoms with E-state index >= 15 is 0 Å². The van der Waals surface area contributed by atoms with E-state index in [1.165, 1.54) is 0 Å². The van der Waals surface area contributed by atoms with Crippen LogP contribution in [-0.2, 0) is 20.7 Å². The Kier molecular flexibility index (Phi) is 7.64. The largest absolute Gasteiger partial charge is 0.379 e. The Labute approximate surface area is 200 Å². The second-order valence-electron chi connectivity index (χ2n) is 9.59. The van der Waals surface area contributed by atoms with Crippen LogP contribution in [0.15, 0.2) is 30.5 Å². The molecule has 2 aromatic heterocycles. The van der Waals surface area contributed by atoms with Crippen LogP contribution in [0.25, 0.3) is 11.3 Å². The van der Waals surface area contributed by atoms with Gasteiger partial charge in [0.15, 0.2) is 0 Å². The smallest absolute Gasteiger partial charge is 0.145 e. The monoisotopic (exact) mass is 472 g/mol. The molecule has 2 aliphatic rings. The lowest BCUT2D eigenvalue weighted by Gasteiger charge is -2.35. The van der Waals surface area contributed by atoms with Gasteiger partial charge < -0.3 is 20.1 Å². The third kappa shape index (κ3) is 6.09. The van der Waals surface area contributed by atoms with E-state index in [9.17, 15) is 4.79 Å². The minimum Gasteiger partial charge on any atom is -0.379 e. The molecule has 0 amide bonds. The van der Waals surface area contributed by atoms with Gasteiger partial charge in [0, 0.05) is 57.2 Å². The van der Waals surface area contributed by atoms with Crippen molar-refractivity contribution in [2.24, 2.45) is 11.8 Å². The van der Waals surface area contributed by atoms with E-state index in [4.69, 9.17) is 26.1 Å². The Morgan fingerprint density at radius 3 is 3.00 bits per heavy atom. The van der Waals surface area contributed by atoms with Crippen molar-refractivity contribution in [2.75, 3.05) is 38.7 Å². The summed E-state index contributed by atoms with van der Waals surface area (Å²) >= 11 is 6.47. The van der Waals surface area contributed by atoms with E-state index in [2.05, 4.69) is 29.5 Å². The van der Waals surface area contributed by atoms with Crippen molar-refractivity contribution >= 4 is 23.2 Å². The number of methoxy groups -OCH3 is 1.